The molecule has 15 heavy (non-hydrogen) atoms. The molecule has 1 aliphatic heterocycles. The van der Waals surface area contributed by atoms with Gasteiger partial charge in [-0.3, -0.25) is 9.69 Å². The summed E-state index contributed by atoms with van der Waals surface area (Å²) >= 11 is 0. The van der Waals surface area contributed by atoms with Crippen LogP contribution in [0.15, 0.2) is 0 Å². The fourth-order valence-corrected chi connectivity index (χ4v) is 3.21. The fraction of sp³-hybridized carbons (Fsp3) is 0.909. The van der Waals surface area contributed by atoms with Crippen molar-refractivity contribution < 1.29 is 9.90 Å². The van der Waals surface area contributed by atoms with Crippen molar-refractivity contribution >= 4 is 5.97 Å². The van der Waals surface area contributed by atoms with Gasteiger partial charge >= 0.3 is 5.97 Å². The lowest BCUT2D eigenvalue weighted by atomic mass is 9.85. The van der Waals surface area contributed by atoms with Gasteiger partial charge in [0.2, 0.25) is 0 Å². The average Bonchev–Trinajstić information content (AvgIpc) is 2.63. The summed E-state index contributed by atoms with van der Waals surface area (Å²) in [6, 6.07) is 0.0292. The third-order valence-electron chi connectivity index (χ3n) is 3.96. The minimum atomic E-state index is -0.760. The molecular formula is C11H20N2O2. The topological polar surface area (TPSA) is 66.6 Å². The second kappa shape index (κ2) is 4.49. The van der Waals surface area contributed by atoms with Crippen LogP contribution in [0.3, 0.4) is 0 Å². The molecule has 2 aliphatic rings. The number of nitrogens with two attached hydrogens (primary N) is 1. The molecule has 0 aromatic heterocycles. The van der Waals surface area contributed by atoms with Crippen LogP contribution >= 0.6 is 0 Å². The van der Waals surface area contributed by atoms with Gasteiger partial charge in [0.15, 0.2) is 0 Å². The second-order valence-corrected chi connectivity index (χ2v) is 4.73. The zero-order valence-electron chi connectivity index (χ0n) is 9.06. The molecule has 86 valence electrons. The van der Waals surface area contributed by atoms with Gasteiger partial charge in [-0.2, -0.15) is 0 Å². The Bertz CT molecular complexity index is 245. The number of fused-ring (bicyclic) bond motifs is 1. The van der Waals surface area contributed by atoms with Gasteiger partial charge in [0, 0.05) is 12.6 Å². The number of rotatable bonds is 3. The Morgan fingerprint density at radius 3 is 2.80 bits per heavy atom. The lowest BCUT2D eigenvalue weighted by Gasteiger charge is -2.34. The Morgan fingerprint density at radius 2 is 2.13 bits per heavy atom. The van der Waals surface area contributed by atoms with Gasteiger partial charge in [-0.05, 0) is 31.7 Å². The Hall–Kier alpha value is -0.610. The van der Waals surface area contributed by atoms with E-state index in [0.29, 0.717) is 6.04 Å². The summed E-state index contributed by atoms with van der Waals surface area (Å²) in [5, 5.41) is 9.10. The molecule has 0 aromatic rings. The predicted octanol–water partition coefficient (Wildman–Crippen LogP) is 0.663. The molecule has 3 atom stereocenters. The number of carboxylic acids is 1. The molecule has 0 aromatic carbocycles. The first kappa shape index (κ1) is 10.9. The van der Waals surface area contributed by atoms with Crippen LogP contribution in [0.25, 0.3) is 0 Å². The molecule has 1 saturated heterocycles. The third-order valence-corrected chi connectivity index (χ3v) is 3.96. The van der Waals surface area contributed by atoms with Gasteiger partial charge in [0.1, 0.15) is 6.04 Å². The molecule has 3 unspecified atom stereocenters. The van der Waals surface area contributed by atoms with Gasteiger partial charge in [0.05, 0.1) is 0 Å². The van der Waals surface area contributed by atoms with Crippen LogP contribution in [0, 0.1) is 5.92 Å². The molecule has 4 nitrogen and oxygen atoms in total. The van der Waals surface area contributed by atoms with Gasteiger partial charge < -0.3 is 10.8 Å². The van der Waals surface area contributed by atoms with E-state index in [-0.39, 0.29) is 6.54 Å². The largest absolute Gasteiger partial charge is 0.480 e. The quantitative estimate of drug-likeness (QED) is 0.721. The number of hydrogen-bond acceptors (Lipinski definition) is 3. The van der Waals surface area contributed by atoms with Gasteiger partial charge in [0.25, 0.3) is 0 Å². The van der Waals surface area contributed by atoms with Crippen molar-refractivity contribution in [3.8, 4) is 0 Å². The number of nitrogens with zero attached hydrogens (tertiary/aromatic N) is 1. The van der Waals surface area contributed by atoms with Crippen LogP contribution < -0.4 is 5.73 Å². The highest BCUT2D eigenvalue weighted by Gasteiger charge is 2.40. The van der Waals surface area contributed by atoms with E-state index in [1.165, 1.54) is 19.3 Å². The maximum absolute atomic E-state index is 11.1. The number of aliphatic carboxylic acids is 1. The number of likely N-dealkylation sites (tertiary alicyclic amines) is 1. The highest BCUT2D eigenvalue weighted by atomic mass is 16.4. The van der Waals surface area contributed by atoms with Crippen molar-refractivity contribution in [1.29, 1.82) is 0 Å². The Labute approximate surface area is 90.4 Å². The lowest BCUT2D eigenvalue weighted by molar-refractivity contribution is -0.143. The first-order valence-corrected chi connectivity index (χ1v) is 5.92. The van der Waals surface area contributed by atoms with E-state index in [2.05, 4.69) is 4.90 Å². The molecule has 0 spiro atoms. The van der Waals surface area contributed by atoms with Crippen LogP contribution in [0.2, 0.25) is 0 Å². The fourth-order valence-electron chi connectivity index (χ4n) is 3.21. The van der Waals surface area contributed by atoms with Gasteiger partial charge in [-0.15, -0.1) is 0 Å². The SMILES string of the molecule is NCC(C(=O)O)N1CCC2CCCCC21. The predicted molar refractivity (Wildman–Crippen MR) is 57.5 cm³/mol. The Morgan fingerprint density at radius 1 is 1.40 bits per heavy atom. The van der Waals surface area contributed by atoms with Crippen molar-refractivity contribution in [3.63, 3.8) is 0 Å². The summed E-state index contributed by atoms with van der Waals surface area (Å²) in [6.45, 7) is 1.15. The Balaban J connectivity index is 2.05. The molecule has 2 fully saturated rings. The van der Waals surface area contributed by atoms with Crippen LogP contribution in [0.5, 0.6) is 0 Å². The zero-order valence-corrected chi connectivity index (χ0v) is 9.06. The monoisotopic (exact) mass is 212 g/mol. The first-order chi connectivity index (χ1) is 7.24. The molecule has 0 radical (unpaired) electrons. The van der Waals surface area contributed by atoms with Crippen molar-refractivity contribution in [1.82, 2.24) is 4.90 Å². The molecule has 2 rings (SSSR count). The van der Waals surface area contributed by atoms with E-state index in [0.717, 1.165) is 25.3 Å². The van der Waals surface area contributed by atoms with E-state index in [1.807, 2.05) is 0 Å². The van der Waals surface area contributed by atoms with Crippen LogP contribution in [0.1, 0.15) is 32.1 Å². The standard InChI is InChI=1S/C11H20N2O2/c12-7-10(11(14)15)13-6-5-8-3-1-2-4-9(8)13/h8-10H,1-7,12H2,(H,14,15). The molecule has 1 saturated carbocycles. The van der Waals surface area contributed by atoms with Gasteiger partial charge in [-0.1, -0.05) is 12.8 Å². The van der Waals surface area contributed by atoms with E-state index in [1.54, 1.807) is 0 Å². The van der Waals surface area contributed by atoms with Crippen molar-refractivity contribution in [3.05, 3.63) is 0 Å². The third kappa shape index (κ3) is 2.01. The minimum Gasteiger partial charge on any atom is -0.480 e. The summed E-state index contributed by atoms with van der Waals surface area (Å²) in [4.78, 5) is 13.2. The van der Waals surface area contributed by atoms with E-state index in [4.69, 9.17) is 10.8 Å². The van der Waals surface area contributed by atoms with Crippen LogP contribution in [-0.2, 0) is 4.79 Å². The normalized spacial score (nSPS) is 33.7. The summed E-state index contributed by atoms with van der Waals surface area (Å²) in [5.41, 5.74) is 5.55. The minimum absolute atomic E-state index is 0.235. The molecule has 3 N–H and O–H groups in total. The number of carboxylic acid groups (broad SMARTS) is 1. The summed E-state index contributed by atoms with van der Waals surface area (Å²) in [6.07, 6.45) is 6.16. The highest BCUT2D eigenvalue weighted by molar-refractivity contribution is 5.73. The molecule has 0 amide bonds. The Kier molecular flexibility index (Phi) is 3.26. The highest BCUT2D eigenvalue weighted by Crippen LogP contribution is 2.37. The van der Waals surface area contributed by atoms with Crippen LogP contribution in [0.4, 0.5) is 0 Å². The maximum Gasteiger partial charge on any atom is 0.322 e. The smallest absolute Gasteiger partial charge is 0.322 e. The molecule has 0 bridgehead atoms. The van der Waals surface area contributed by atoms with Crippen molar-refractivity contribution in [2.24, 2.45) is 11.7 Å². The molecule has 4 heteroatoms. The first-order valence-electron chi connectivity index (χ1n) is 5.92. The van der Waals surface area contributed by atoms with E-state index >= 15 is 0 Å². The van der Waals surface area contributed by atoms with Crippen LogP contribution in [-0.4, -0.2) is 41.1 Å². The van der Waals surface area contributed by atoms with Crippen molar-refractivity contribution in [2.75, 3.05) is 13.1 Å². The van der Waals surface area contributed by atoms with E-state index in [9.17, 15) is 4.79 Å². The summed E-state index contributed by atoms with van der Waals surface area (Å²) in [5.74, 6) is -0.0316. The molecule has 1 heterocycles. The lowest BCUT2D eigenvalue weighted by Crippen LogP contribution is -2.49. The second-order valence-electron chi connectivity index (χ2n) is 4.73. The number of carbonyl (C=O) groups is 1. The summed E-state index contributed by atoms with van der Waals surface area (Å²) < 4.78 is 0. The zero-order chi connectivity index (χ0) is 10.8. The summed E-state index contributed by atoms with van der Waals surface area (Å²) in [7, 11) is 0. The molecular weight excluding hydrogens is 192 g/mol. The maximum atomic E-state index is 11.1. The van der Waals surface area contributed by atoms with E-state index < -0.39 is 12.0 Å². The number of hydrogen-bond donors (Lipinski definition) is 2. The van der Waals surface area contributed by atoms with Crippen molar-refractivity contribution in [2.45, 2.75) is 44.2 Å². The van der Waals surface area contributed by atoms with Gasteiger partial charge in [-0.25, -0.2) is 0 Å². The average molecular weight is 212 g/mol. The molecule has 1 aliphatic carbocycles.